The third-order valence-electron chi connectivity index (χ3n) is 2.08. The van der Waals surface area contributed by atoms with E-state index in [9.17, 15) is 19.2 Å². The van der Waals surface area contributed by atoms with Gasteiger partial charge in [0.15, 0.2) is 0 Å². The highest BCUT2D eigenvalue weighted by molar-refractivity contribution is 6.12. The van der Waals surface area contributed by atoms with Gasteiger partial charge in [-0.25, -0.2) is 4.79 Å². The van der Waals surface area contributed by atoms with Crippen LogP contribution in [0.1, 0.15) is 6.42 Å². The average Bonchev–Trinajstić information content (AvgIpc) is 2.60. The Hall–Kier alpha value is -2.38. The van der Waals surface area contributed by atoms with Crippen molar-refractivity contribution in [2.45, 2.75) is 6.42 Å². The maximum Gasteiger partial charge on any atom is 0.404 e. The molecule has 0 aromatic heterocycles. The fourth-order valence-electron chi connectivity index (χ4n) is 1.25. The zero-order valence-electron chi connectivity index (χ0n) is 9.42. The van der Waals surface area contributed by atoms with E-state index in [4.69, 9.17) is 9.84 Å². The Kier molecular flexibility index (Phi) is 4.85. The molecule has 0 bridgehead atoms. The number of esters is 1. The number of nitrogens with one attached hydrogen (secondary N) is 1. The zero-order chi connectivity index (χ0) is 13.5. The van der Waals surface area contributed by atoms with Crippen LogP contribution in [0.3, 0.4) is 0 Å². The number of hydrogen-bond acceptors (Lipinski definition) is 5. The largest absolute Gasteiger partial charge is 0.465 e. The lowest BCUT2D eigenvalue weighted by atomic mass is 10.4. The molecule has 0 fully saturated rings. The highest BCUT2D eigenvalue weighted by Gasteiger charge is 2.22. The van der Waals surface area contributed by atoms with Crippen molar-refractivity contribution in [2.75, 3.05) is 19.7 Å². The standard InChI is InChI=1S/C10H12N2O6/c13-7-1-2-8(14)12(7)5-6-18-9(15)3-4-11-10(16)17/h1-2,11H,3-6H2,(H,16,17). The van der Waals surface area contributed by atoms with E-state index in [0.717, 1.165) is 17.1 Å². The SMILES string of the molecule is O=C(O)NCCC(=O)OCCN1C(=O)C=CC1=O. The van der Waals surface area contributed by atoms with Gasteiger partial charge in [-0.05, 0) is 0 Å². The molecule has 1 aliphatic rings. The fraction of sp³-hybridized carbons (Fsp3) is 0.400. The molecule has 0 spiro atoms. The van der Waals surface area contributed by atoms with E-state index in [-0.39, 0.29) is 26.1 Å². The molecule has 1 aliphatic heterocycles. The van der Waals surface area contributed by atoms with E-state index in [1.807, 2.05) is 5.32 Å². The van der Waals surface area contributed by atoms with Crippen LogP contribution in [0.2, 0.25) is 0 Å². The molecule has 0 saturated carbocycles. The van der Waals surface area contributed by atoms with Crippen LogP contribution in [0.25, 0.3) is 0 Å². The lowest BCUT2D eigenvalue weighted by Gasteiger charge is -2.13. The van der Waals surface area contributed by atoms with Gasteiger partial charge < -0.3 is 15.2 Å². The molecule has 0 unspecified atom stereocenters. The first kappa shape index (κ1) is 13.7. The molecule has 2 N–H and O–H groups in total. The second-order valence-corrected chi connectivity index (χ2v) is 3.36. The van der Waals surface area contributed by atoms with Crippen LogP contribution in [0.4, 0.5) is 4.79 Å². The third kappa shape index (κ3) is 4.24. The fourth-order valence-corrected chi connectivity index (χ4v) is 1.25. The highest BCUT2D eigenvalue weighted by Crippen LogP contribution is 2.02. The molecule has 0 atom stereocenters. The molecule has 3 amide bonds. The Morgan fingerprint density at radius 1 is 1.28 bits per heavy atom. The predicted molar refractivity (Wildman–Crippen MR) is 57.5 cm³/mol. The van der Waals surface area contributed by atoms with Gasteiger partial charge in [0.25, 0.3) is 11.8 Å². The van der Waals surface area contributed by atoms with Crippen LogP contribution >= 0.6 is 0 Å². The quantitative estimate of drug-likeness (QED) is 0.471. The van der Waals surface area contributed by atoms with Gasteiger partial charge in [-0.2, -0.15) is 0 Å². The first-order chi connectivity index (χ1) is 8.50. The van der Waals surface area contributed by atoms with Crippen LogP contribution in [0, 0.1) is 0 Å². The van der Waals surface area contributed by atoms with Gasteiger partial charge in [-0.1, -0.05) is 0 Å². The van der Waals surface area contributed by atoms with Crippen LogP contribution in [0.5, 0.6) is 0 Å². The summed E-state index contributed by atoms with van der Waals surface area (Å²) in [5.41, 5.74) is 0. The molecule has 0 aromatic rings. The molecule has 18 heavy (non-hydrogen) atoms. The van der Waals surface area contributed by atoms with Gasteiger partial charge >= 0.3 is 12.1 Å². The van der Waals surface area contributed by atoms with Crippen LogP contribution in [-0.4, -0.2) is 53.6 Å². The number of nitrogens with zero attached hydrogens (tertiary/aromatic N) is 1. The van der Waals surface area contributed by atoms with E-state index in [2.05, 4.69) is 0 Å². The summed E-state index contributed by atoms with van der Waals surface area (Å²) in [4.78, 5) is 44.4. The van der Waals surface area contributed by atoms with Gasteiger partial charge in [0.2, 0.25) is 0 Å². The molecule has 8 heteroatoms. The number of imide groups is 1. The van der Waals surface area contributed by atoms with Crippen molar-refractivity contribution in [2.24, 2.45) is 0 Å². The van der Waals surface area contributed by atoms with E-state index < -0.39 is 23.9 Å². The maximum atomic E-state index is 11.1. The Morgan fingerprint density at radius 2 is 1.89 bits per heavy atom. The summed E-state index contributed by atoms with van der Waals surface area (Å²) in [6.07, 6.45) is 0.955. The first-order valence-corrected chi connectivity index (χ1v) is 5.16. The van der Waals surface area contributed by atoms with Gasteiger partial charge in [0.1, 0.15) is 6.61 Å². The van der Waals surface area contributed by atoms with Crippen LogP contribution < -0.4 is 5.32 Å². The van der Waals surface area contributed by atoms with Gasteiger partial charge in [0, 0.05) is 18.7 Å². The highest BCUT2D eigenvalue weighted by atomic mass is 16.5. The summed E-state index contributed by atoms with van der Waals surface area (Å²) < 4.78 is 4.74. The molecule has 1 rings (SSSR count). The molecular weight excluding hydrogens is 244 g/mol. The monoisotopic (exact) mass is 256 g/mol. The minimum absolute atomic E-state index is 0.0111. The van der Waals surface area contributed by atoms with Crippen molar-refractivity contribution in [3.05, 3.63) is 12.2 Å². The number of hydrogen-bond donors (Lipinski definition) is 2. The smallest absolute Gasteiger partial charge is 0.404 e. The molecule has 0 saturated heterocycles. The number of rotatable bonds is 6. The summed E-state index contributed by atoms with van der Waals surface area (Å²) in [5.74, 6) is -1.48. The Labute approximate surface area is 102 Å². The molecule has 98 valence electrons. The predicted octanol–water partition coefficient (Wildman–Crippen LogP) is -0.888. The van der Waals surface area contributed by atoms with Gasteiger partial charge in [-0.15, -0.1) is 0 Å². The average molecular weight is 256 g/mol. The number of ether oxygens (including phenoxy) is 1. The summed E-state index contributed by atoms with van der Waals surface area (Å²) in [6, 6.07) is 0. The molecule has 1 heterocycles. The summed E-state index contributed by atoms with van der Waals surface area (Å²) >= 11 is 0. The van der Waals surface area contributed by atoms with Crippen LogP contribution in [-0.2, 0) is 19.1 Å². The summed E-state index contributed by atoms with van der Waals surface area (Å²) in [7, 11) is 0. The number of carbonyl (C=O) groups is 4. The lowest BCUT2D eigenvalue weighted by Crippen LogP contribution is -2.34. The van der Waals surface area contributed by atoms with E-state index in [1.165, 1.54) is 0 Å². The molecule has 0 radical (unpaired) electrons. The van der Waals surface area contributed by atoms with E-state index in [1.54, 1.807) is 0 Å². The second kappa shape index (κ2) is 6.38. The third-order valence-corrected chi connectivity index (χ3v) is 2.08. The molecule has 0 aliphatic carbocycles. The number of carboxylic acid groups (broad SMARTS) is 1. The normalized spacial score (nSPS) is 13.9. The minimum Gasteiger partial charge on any atom is -0.465 e. The van der Waals surface area contributed by atoms with Gasteiger partial charge in [0.05, 0.1) is 13.0 Å². The van der Waals surface area contributed by atoms with E-state index >= 15 is 0 Å². The van der Waals surface area contributed by atoms with Gasteiger partial charge in [-0.3, -0.25) is 19.3 Å². The molecule has 0 aromatic carbocycles. The van der Waals surface area contributed by atoms with Crippen molar-refractivity contribution in [1.29, 1.82) is 0 Å². The van der Waals surface area contributed by atoms with Crippen molar-refractivity contribution >= 4 is 23.9 Å². The van der Waals surface area contributed by atoms with E-state index in [0.29, 0.717) is 0 Å². The topological polar surface area (TPSA) is 113 Å². The zero-order valence-corrected chi connectivity index (χ0v) is 9.42. The Bertz CT molecular complexity index is 385. The van der Waals surface area contributed by atoms with Crippen molar-refractivity contribution < 1.29 is 29.0 Å². The van der Waals surface area contributed by atoms with Crippen LogP contribution in [0.15, 0.2) is 12.2 Å². The maximum absolute atomic E-state index is 11.1. The minimum atomic E-state index is -1.22. The van der Waals surface area contributed by atoms with Crippen molar-refractivity contribution in [3.8, 4) is 0 Å². The summed E-state index contributed by atoms with van der Waals surface area (Å²) in [5, 5.41) is 10.3. The molecular formula is C10H12N2O6. The van der Waals surface area contributed by atoms with Crippen molar-refractivity contribution in [3.63, 3.8) is 0 Å². The van der Waals surface area contributed by atoms with Crippen molar-refractivity contribution in [1.82, 2.24) is 10.2 Å². The Morgan fingerprint density at radius 3 is 2.44 bits per heavy atom. The molecule has 8 nitrogen and oxygen atoms in total. The second-order valence-electron chi connectivity index (χ2n) is 3.36. The summed E-state index contributed by atoms with van der Waals surface area (Å²) in [6.45, 7) is -0.162. The number of amides is 3. The Balaban J connectivity index is 2.14. The first-order valence-electron chi connectivity index (χ1n) is 5.16. The lowest BCUT2D eigenvalue weighted by molar-refractivity contribution is -0.147. The number of carbonyl (C=O) groups excluding carboxylic acids is 3.